The third-order valence-corrected chi connectivity index (χ3v) is 7.73. The largest absolute Gasteiger partial charge is 0.494 e. The van der Waals surface area contributed by atoms with E-state index >= 15 is 0 Å². The normalized spacial score (nSPS) is 10.9. The molecule has 0 aliphatic heterocycles. The molecule has 7 heteroatoms. The minimum Gasteiger partial charge on any atom is -0.494 e. The fourth-order valence-corrected chi connectivity index (χ4v) is 5.30. The average Bonchev–Trinajstić information content (AvgIpc) is 3.26. The Morgan fingerprint density at radius 2 is 1.60 bits per heavy atom. The van der Waals surface area contributed by atoms with Crippen LogP contribution >= 0.6 is 11.3 Å². The number of thiazole rings is 1. The SMILES string of the molecule is CCc1ccc(CCOc2ccc(Cc3sc(=O)n(CC(=O)c4ccc(-c5ccccc5)cc4)c3O)cc2)nc1. The van der Waals surface area contributed by atoms with Crippen LogP contribution in [0.15, 0.2) is 102 Å². The van der Waals surface area contributed by atoms with Crippen molar-refractivity contribution in [3.63, 3.8) is 0 Å². The molecular formula is C33H30N2O4S. The van der Waals surface area contributed by atoms with Crippen molar-refractivity contribution in [1.29, 1.82) is 0 Å². The number of aromatic hydroxyl groups is 1. The lowest BCUT2D eigenvalue weighted by Crippen LogP contribution is -2.19. The molecule has 3 aromatic carbocycles. The Labute approximate surface area is 237 Å². The van der Waals surface area contributed by atoms with Crippen LogP contribution in [0.1, 0.15) is 39.0 Å². The summed E-state index contributed by atoms with van der Waals surface area (Å²) in [4.78, 5) is 30.1. The summed E-state index contributed by atoms with van der Waals surface area (Å²) in [5.41, 5.74) is 5.69. The van der Waals surface area contributed by atoms with Crippen LogP contribution in [0.5, 0.6) is 11.6 Å². The van der Waals surface area contributed by atoms with Gasteiger partial charge in [0.2, 0.25) is 5.88 Å². The molecule has 0 bridgehead atoms. The smallest absolute Gasteiger partial charge is 0.310 e. The second kappa shape index (κ2) is 12.6. The van der Waals surface area contributed by atoms with E-state index in [-0.39, 0.29) is 23.1 Å². The van der Waals surface area contributed by atoms with Gasteiger partial charge >= 0.3 is 4.87 Å². The summed E-state index contributed by atoms with van der Waals surface area (Å²) in [6, 6.07) is 28.9. The Morgan fingerprint density at radius 3 is 2.27 bits per heavy atom. The summed E-state index contributed by atoms with van der Waals surface area (Å²) in [5, 5.41) is 10.8. The second-order valence-corrected chi connectivity index (χ2v) is 10.5. The molecule has 0 saturated carbocycles. The van der Waals surface area contributed by atoms with Crippen molar-refractivity contribution < 1.29 is 14.6 Å². The summed E-state index contributed by atoms with van der Waals surface area (Å²) in [6.45, 7) is 2.41. The van der Waals surface area contributed by atoms with Crippen LogP contribution in [0, 0.1) is 0 Å². The number of aromatic nitrogens is 2. The molecule has 0 radical (unpaired) electrons. The van der Waals surface area contributed by atoms with Crippen molar-refractivity contribution in [2.45, 2.75) is 32.7 Å². The lowest BCUT2D eigenvalue weighted by Gasteiger charge is -2.08. The first kappa shape index (κ1) is 27.1. The predicted molar refractivity (Wildman–Crippen MR) is 159 cm³/mol. The van der Waals surface area contributed by atoms with Gasteiger partial charge < -0.3 is 9.84 Å². The Bertz CT molecular complexity index is 1620. The summed E-state index contributed by atoms with van der Waals surface area (Å²) in [5.74, 6) is 0.346. The molecule has 0 unspecified atom stereocenters. The number of rotatable bonds is 11. The summed E-state index contributed by atoms with van der Waals surface area (Å²) < 4.78 is 7.00. The number of pyridine rings is 1. The van der Waals surface area contributed by atoms with Gasteiger partial charge in [-0.1, -0.05) is 91.1 Å². The van der Waals surface area contributed by atoms with E-state index < -0.39 is 0 Å². The lowest BCUT2D eigenvalue weighted by molar-refractivity contribution is 0.0967. The van der Waals surface area contributed by atoms with Gasteiger partial charge in [0, 0.05) is 30.3 Å². The maximum atomic E-state index is 12.9. The van der Waals surface area contributed by atoms with E-state index in [4.69, 9.17) is 4.74 Å². The first-order valence-corrected chi connectivity index (χ1v) is 14.1. The summed E-state index contributed by atoms with van der Waals surface area (Å²) >= 11 is 0.958. The molecule has 0 aliphatic carbocycles. The maximum absolute atomic E-state index is 12.9. The van der Waals surface area contributed by atoms with Gasteiger partial charge in [-0.2, -0.15) is 0 Å². The van der Waals surface area contributed by atoms with Gasteiger partial charge in [-0.25, -0.2) is 0 Å². The molecule has 0 fully saturated rings. The zero-order valence-electron chi connectivity index (χ0n) is 22.2. The van der Waals surface area contributed by atoms with Crippen LogP contribution in [-0.4, -0.2) is 27.0 Å². The third kappa shape index (κ3) is 6.55. The van der Waals surface area contributed by atoms with E-state index in [9.17, 15) is 14.7 Å². The molecule has 0 aliphatic rings. The molecule has 0 spiro atoms. The molecule has 1 N–H and O–H groups in total. The van der Waals surface area contributed by atoms with E-state index in [1.807, 2.05) is 79.0 Å². The predicted octanol–water partition coefficient (Wildman–Crippen LogP) is 6.34. The van der Waals surface area contributed by atoms with Crippen LogP contribution in [0.4, 0.5) is 0 Å². The zero-order valence-corrected chi connectivity index (χ0v) is 23.1. The Morgan fingerprint density at radius 1 is 0.900 bits per heavy atom. The molecule has 5 aromatic rings. The topological polar surface area (TPSA) is 81.4 Å². The number of carbonyl (C=O) groups excluding carboxylic acids is 1. The van der Waals surface area contributed by atoms with Gasteiger partial charge in [0.15, 0.2) is 5.78 Å². The molecule has 2 heterocycles. The van der Waals surface area contributed by atoms with Gasteiger partial charge in [-0.15, -0.1) is 0 Å². The minimum absolute atomic E-state index is 0.161. The molecule has 202 valence electrons. The van der Waals surface area contributed by atoms with E-state index in [2.05, 4.69) is 18.0 Å². The number of carbonyl (C=O) groups is 1. The van der Waals surface area contributed by atoms with Gasteiger partial charge in [-0.05, 0) is 46.9 Å². The van der Waals surface area contributed by atoms with Gasteiger partial charge in [0.1, 0.15) is 5.75 Å². The zero-order chi connectivity index (χ0) is 27.9. The molecule has 0 atom stereocenters. The summed E-state index contributed by atoms with van der Waals surface area (Å²) in [6.07, 6.45) is 3.97. The van der Waals surface area contributed by atoms with Crippen molar-refractivity contribution >= 4 is 17.1 Å². The van der Waals surface area contributed by atoms with Crippen LogP contribution in [0.3, 0.4) is 0 Å². The van der Waals surface area contributed by atoms with Crippen molar-refractivity contribution in [3.05, 3.63) is 134 Å². The Hall–Kier alpha value is -4.49. The van der Waals surface area contributed by atoms with E-state index in [1.165, 1.54) is 5.56 Å². The molecule has 40 heavy (non-hydrogen) atoms. The molecule has 6 nitrogen and oxygen atoms in total. The number of hydrogen-bond donors (Lipinski definition) is 1. The number of nitrogens with zero attached hydrogens (tertiary/aromatic N) is 2. The van der Waals surface area contributed by atoms with Crippen LogP contribution in [-0.2, 0) is 25.8 Å². The van der Waals surface area contributed by atoms with Crippen LogP contribution < -0.4 is 9.61 Å². The number of ether oxygens (including phenoxy) is 1. The second-order valence-electron chi connectivity index (χ2n) is 9.50. The Balaban J connectivity index is 1.17. The first-order valence-electron chi connectivity index (χ1n) is 13.3. The standard InChI is InChI=1S/C33H30N2O4S/c1-2-23-8-15-28(34-21-23)18-19-39-29-16-9-24(10-17-29)20-31-32(37)35(33(38)40-31)22-30(36)27-13-11-26(12-14-27)25-6-4-3-5-7-25/h3-17,21,37H,2,18-20,22H2,1H3. The fraction of sp³-hybridized carbons (Fsp3) is 0.182. The van der Waals surface area contributed by atoms with Crippen LogP contribution in [0.25, 0.3) is 11.1 Å². The summed E-state index contributed by atoms with van der Waals surface area (Å²) in [7, 11) is 0. The van der Waals surface area contributed by atoms with Crippen molar-refractivity contribution in [2.24, 2.45) is 0 Å². The molecular weight excluding hydrogens is 520 g/mol. The molecule has 0 saturated heterocycles. The quantitative estimate of drug-likeness (QED) is 0.194. The number of ketones is 1. The molecule has 2 aromatic heterocycles. The lowest BCUT2D eigenvalue weighted by atomic mass is 10.0. The maximum Gasteiger partial charge on any atom is 0.310 e. The van der Waals surface area contributed by atoms with E-state index in [0.717, 1.165) is 56.9 Å². The van der Waals surface area contributed by atoms with Crippen molar-refractivity contribution in [1.82, 2.24) is 9.55 Å². The fourth-order valence-electron chi connectivity index (χ4n) is 4.39. The highest BCUT2D eigenvalue weighted by Gasteiger charge is 2.18. The van der Waals surface area contributed by atoms with Gasteiger partial charge in [-0.3, -0.25) is 19.1 Å². The highest BCUT2D eigenvalue weighted by atomic mass is 32.1. The van der Waals surface area contributed by atoms with E-state index in [0.29, 0.717) is 23.5 Å². The molecule has 0 amide bonds. The highest BCUT2D eigenvalue weighted by molar-refractivity contribution is 7.09. The Kier molecular flexibility index (Phi) is 8.52. The van der Waals surface area contributed by atoms with Crippen LogP contribution in [0.2, 0.25) is 0 Å². The minimum atomic E-state index is -0.359. The van der Waals surface area contributed by atoms with Crippen molar-refractivity contribution in [3.8, 4) is 22.8 Å². The van der Waals surface area contributed by atoms with Gasteiger partial charge in [0.05, 0.1) is 18.0 Å². The van der Waals surface area contributed by atoms with E-state index in [1.54, 1.807) is 12.1 Å². The average molecular weight is 551 g/mol. The highest BCUT2D eigenvalue weighted by Crippen LogP contribution is 2.25. The van der Waals surface area contributed by atoms with Crippen molar-refractivity contribution in [2.75, 3.05) is 6.61 Å². The number of hydrogen-bond acceptors (Lipinski definition) is 6. The third-order valence-electron chi connectivity index (χ3n) is 6.76. The first-order chi connectivity index (χ1) is 19.5. The monoisotopic (exact) mass is 550 g/mol. The van der Waals surface area contributed by atoms with Gasteiger partial charge in [0.25, 0.3) is 0 Å². The molecule has 5 rings (SSSR count). The number of Topliss-reactive ketones (excluding diaryl/α,β-unsaturated/α-hetero) is 1. The number of benzene rings is 3. The number of aryl methyl sites for hydroxylation is 1.